The maximum atomic E-state index is 12.3. The number of hydrogen-bond acceptors (Lipinski definition) is 5. The molecule has 2 rings (SSSR count). The second-order valence-corrected chi connectivity index (χ2v) is 4.30. The van der Waals surface area contributed by atoms with Crippen molar-refractivity contribution in [2.24, 2.45) is 7.05 Å². The van der Waals surface area contributed by atoms with Crippen LogP contribution in [0.3, 0.4) is 0 Å². The first-order valence-electron chi connectivity index (χ1n) is 5.86. The first kappa shape index (κ1) is 13.5. The smallest absolute Gasteiger partial charge is 0.323 e. The summed E-state index contributed by atoms with van der Waals surface area (Å²) in [6.45, 7) is 0.838. The molecule has 1 N–H and O–H groups in total. The number of carbonyl (C=O) groups excluding carboxylic acids is 1. The van der Waals surface area contributed by atoms with Gasteiger partial charge in [0.05, 0.1) is 32.9 Å². The molecule has 2 heterocycles. The van der Waals surface area contributed by atoms with Gasteiger partial charge in [-0.3, -0.25) is 4.79 Å². The molecular weight excluding hydrogens is 254 g/mol. The van der Waals surface area contributed by atoms with E-state index in [0.29, 0.717) is 13.2 Å². The molecule has 1 fully saturated rings. The van der Waals surface area contributed by atoms with Gasteiger partial charge in [-0.2, -0.15) is 0 Å². The minimum absolute atomic E-state index is 0.142. The summed E-state index contributed by atoms with van der Waals surface area (Å²) < 4.78 is 6.44. The van der Waals surface area contributed by atoms with Crippen LogP contribution in [0.4, 0.5) is 5.82 Å². The van der Waals surface area contributed by atoms with Crippen LogP contribution < -0.4 is 0 Å². The Labute approximate surface area is 109 Å². The third-order valence-electron chi connectivity index (χ3n) is 3.20. The number of aliphatic hydroxyl groups excluding tert-OH is 1. The lowest BCUT2D eigenvalue weighted by Crippen LogP contribution is -2.50. The van der Waals surface area contributed by atoms with Crippen molar-refractivity contribution in [3.8, 4) is 0 Å². The van der Waals surface area contributed by atoms with Crippen LogP contribution in [0.1, 0.15) is 10.5 Å². The molecule has 1 atom stereocenters. The zero-order chi connectivity index (χ0) is 14.0. The van der Waals surface area contributed by atoms with Crippen molar-refractivity contribution in [1.29, 1.82) is 0 Å². The van der Waals surface area contributed by atoms with Gasteiger partial charge < -0.3 is 24.9 Å². The molecule has 1 aromatic rings. The average molecular weight is 269 g/mol. The number of aliphatic hydroxyl groups is 1. The molecule has 1 unspecified atom stereocenters. The topological polar surface area (TPSA) is 97.8 Å². The summed E-state index contributed by atoms with van der Waals surface area (Å²) >= 11 is 0. The van der Waals surface area contributed by atoms with E-state index in [1.165, 1.54) is 28.6 Å². The minimum atomic E-state index is -0.542. The molecule has 8 nitrogen and oxygen atoms in total. The van der Waals surface area contributed by atoms with E-state index in [1.54, 1.807) is 0 Å². The van der Waals surface area contributed by atoms with Crippen molar-refractivity contribution in [3.63, 3.8) is 0 Å². The van der Waals surface area contributed by atoms with Gasteiger partial charge in [-0.1, -0.05) is 0 Å². The number of amides is 1. The standard InChI is InChI=1S/C11H15N3O5/c1-12-9(2-3-10(12)14(17)18)11(16)13-4-5-19-7-8(13)6-15/h2-3,8,15H,4-7H2,1H3. The van der Waals surface area contributed by atoms with Gasteiger partial charge in [0.2, 0.25) is 0 Å². The third-order valence-corrected chi connectivity index (χ3v) is 3.20. The quantitative estimate of drug-likeness (QED) is 0.603. The molecule has 1 aromatic heterocycles. The summed E-state index contributed by atoms with van der Waals surface area (Å²) in [7, 11) is 1.47. The Morgan fingerprint density at radius 3 is 2.95 bits per heavy atom. The van der Waals surface area contributed by atoms with Gasteiger partial charge in [-0.15, -0.1) is 0 Å². The highest BCUT2D eigenvalue weighted by Gasteiger charge is 2.31. The fraction of sp³-hybridized carbons (Fsp3) is 0.545. The number of nitro groups is 1. The van der Waals surface area contributed by atoms with Gasteiger partial charge in [0.15, 0.2) is 5.69 Å². The van der Waals surface area contributed by atoms with E-state index in [1.807, 2.05) is 0 Å². The van der Waals surface area contributed by atoms with E-state index in [9.17, 15) is 20.0 Å². The molecule has 1 saturated heterocycles. The maximum absolute atomic E-state index is 12.3. The average Bonchev–Trinajstić information content (AvgIpc) is 2.80. The first-order valence-corrected chi connectivity index (χ1v) is 5.86. The third kappa shape index (κ3) is 2.45. The highest BCUT2D eigenvalue weighted by molar-refractivity contribution is 5.93. The lowest BCUT2D eigenvalue weighted by atomic mass is 10.2. The van der Waals surface area contributed by atoms with Crippen LogP contribution in [0, 0.1) is 10.1 Å². The molecule has 0 saturated carbocycles. The number of ether oxygens (including phenoxy) is 1. The SMILES string of the molecule is Cn1c(C(=O)N2CCOCC2CO)ccc1[N+](=O)[O-]. The lowest BCUT2D eigenvalue weighted by Gasteiger charge is -2.33. The molecule has 104 valence electrons. The van der Waals surface area contributed by atoms with Crippen molar-refractivity contribution in [2.75, 3.05) is 26.4 Å². The van der Waals surface area contributed by atoms with Crippen LogP contribution in [0.2, 0.25) is 0 Å². The molecule has 0 aromatic carbocycles. The van der Waals surface area contributed by atoms with Crippen LogP contribution in [-0.4, -0.2) is 57.8 Å². The Bertz CT molecular complexity index is 499. The first-order chi connectivity index (χ1) is 9.06. The highest BCUT2D eigenvalue weighted by atomic mass is 16.6. The second-order valence-electron chi connectivity index (χ2n) is 4.30. The Morgan fingerprint density at radius 2 is 2.37 bits per heavy atom. The maximum Gasteiger partial charge on any atom is 0.323 e. The zero-order valence-corrected chi connectivity index (χ0v) is 10.5. The van der Waals surface area contributed by atoms with Crippen molar-refractivity contribution in [1.82, 2.24) is 9.47 Å². The fourth-order valence-corrected chi connectivity index (χ4v) is 2.12. The van der Waals surface area contributed by atoms with Crippen LogP contribution in [0.25, 0.3) is 0 Å². The monoisotopic (exact) mass is 269 g/mol. The summed E-state index contributed by atoms with van der Waals surface area (Å²) in [5, 5.41) is 20.0. The number of morpholine rings is 1. The Hall–Kier alpha value is -1.93. The summed E-state index contributed by atoms with van der Waals surface area (Å²) in [5.74, 6) is -0.477. The molecule has 0 aliphatic carbocycles. The predicted octanol–water partition coefficient (Wildman–Crippen LogP) is -0.233. The number of aromatic nitrogens is 1. The molecule has 8 heteroatoms. The number of carbonyl (C=O) groups is 1. The summed E-state index contributed by atoms with van der Waals surface area (Å²) in [6.07, 6.45) is 0. The molecule has 0 bridgehead atoms. The molecule has 1 aliphatic rings. The summed E-state index contributed by atoms with van der Waals surface area (Å²) in [5.41, 5.74) is 0.229. The molecule has 0 radical (unpaired) electrons. The fourth-order valence-electron chi connectivity index (χ4n) is 2.12. The number of hydrogen-bond donors (Lipinski definition) is 1. The second kappa shape index (κ2) is 5.37. The van der Waals surface area contributed by atoms with Gasteiger partial charge >= 0.3 is 5.82 Å². The van der Waals surface area contributed by atoms with Crippen molar-refractivity contribution >= 4 is 11.7 Å². The number of rotatable bonds is 3. The summed E-state index contributed by atoms with van der Waals surface area (Å²) in [4.78, 5) is 24.0. The van der Waals surface area contributed by atoms with Crippen molar-refractivity contribution in [2.45, 2.75) is 6.04 Å². The Morgan fingerprint density at radius 1 is 1.63 bits per heavy atom. The van der Waals surface area contributed by atoms with Crippen LogP contribution >= 0.6 is 0 Å². The molecule has 1 aliphatic heterocycles. The largest absolute Gasteiger partial charge is 0.394 e. The predicted molar refractivity (Wildman–Crippen MR) is 64.8 cm³/mol. The Kier molecular flexibility index (Phi) is 3.82. The van der Waals surface area contributed by atoms with Gasteiger partial charge in [0.1, 0.15) is 0 Å². The number of nitrogens with zero attached hydrogens (tertiary/aromatic N) is 3. The Balaban J connectivity index is 2.26. The molecule has 19 heavy (non-hydrogen) atoms. The van der Waals surface area contributed by atoms with Crippen LogP contribution in [0.15, 0.2) is 12.1 Å². The van der Waals surface area contributed by atoms with Crippen LogP contribution in [0.5, 0.6) is 0 Å². The zero-order valence-electron chi connectivity index (χ0n) is 10.5. The molecule has 1 amide bonds. The van der Waals surface area contributed by atoms with Gasteiger partial charge in [0.25, 0.3) is 5.91 Å². The van der Waals surface area contributed by atoms with Gasteiger partial charge in [-0.25, -0.2) is 4.57 Å². The van der Waals surface area contributed by atoms with E-state index < -0.39 is 11.0 Å². The van der Waals surface area contributed by atoms with E-state index in [2.05, 4.69) is 0 Å². The van der Waals surface area contributed by atoms with Crippen LogP contribution in [-0.2, 0) is 11.8 Å². The van der Waals surface area contributed by atoms with Crippen molar-refractivity contribution < 1.29 is 19.6 Å². The lowest BCUT2D eigenvalue weighted by molar-refractivity contribution is -0.391. The van der Waals surface area contributed by atoms with Crippen molar-refractivity contribution in [3.05, 3.63) is 27.9 Å². The van der Waals surface area contributed by atoms with E-state index in [4.69, 9.17) is 4.74 Å². The highest BCUT2D eigenvalue weighted by Crippen LogP contribution is 2.18. The van der Waals surface area contributed by atoms with E-state index >= 15 is 0 Å². The van der Waals surface area contributed by atoms with Gasteiger partial charge in [0, 0.05) is 12.6 Å². The van der Waals surface area contributed by atoms with Gasteiger partial charge in [-0.05, 0) is 11.0 Å². The normalized spacial score (nSPS) is 19.5. The van der Waals surface area contributed by atoms with E-state index in [0.717, 1.165) is 0 Å². The molecular formula is C11H15N3O5. The summed E-state index contributed by atoms with van der Waals surface area (Å²) in [6, 6.07) is 2.31. The molecule has 0 spiro atoms. The van der Waals surface area contributed by atoms with E-state index in [-0.39, 0.29) is 30.6 Å². The minimum Gasteiger partial charge on any atom is -0.394 e.